The fourth-order valence-corrected chi connectivity index (χ4v) is 2.09. The van der Waals surface area contributed by atoms with Crippen molar-refractivity contribution in [3.8, 4) is 0 Å². The molecule has 1 rings (SSSR count). The Balaban J connectivity index is 2.43. The number of amides is 2. The number of urea groups is 1. The van der Waals surface area contributed by atoms with Crippen LogP contribution in [0, 0.1) is 5.92 Å². The maximum Gasteiger partial charge on any atom is 0.315 e. The first-order chi connectivity index (χ1) is 10.4. The summed E-state index contributed by atoms with van der Waals surface area (Å²) in [5.74, 6) is -0.0437. The van der Waals surface area contributed by atoms with Gasteiger partial charge in [-0.15, -0.1) is 0 Å². The third-order valence-electron chi connectivity index (χ3n) is 3.09. The first kappa shape index (κ1) is 18.0. The molecule has 2 amide bonds. The molecule has 0 aliphatic heterocycles. The van der Waals surface area contributed by atoms with Gasteiger partial charge >= 0.3 is 12.0 Å². The van der Waals surface area contributed by atoms with Gasteiger partial charge in [0.25, 0.3) is 0 Å². The van der Waals surface area contributed by atoms with Crippen molar-refractivity contribution in [1.82, 2.24) is 10.6 Å². The Morgan fingerprint density at radius 3 is 2.27 bits per heavy atom. The quantitative estimate of drug-likeness (QED) is 0.761. The van der Waals surface area contributed by atoms with Crippen molar-refractivity contribution in [2.24, 2.45) is 5.92 Å². The number of carbonyl (C=O) groups excluding carboxylic acids is 2. The van der Waals surface area contributed by atoms with Crippen molar-refractivity contribution in [2.45, 2.75) is 46.3 Å². The molecular weight excluding hydrogens is 280 g/mol. The molecule has 0 aliphatic carbocycles. The first-order valence-electron chi connectivity index (χ1n) is 7.69. The standard InChI is InChI=1S/C17H26N2O3/c1-12(2)16(14-8-6-5-7-9-14)19-17(21)18-11-10-15(20)22-13(3)4/h5-9,12-13,16H,10-11H2,1-4H3,(H2,18,19,21). The average Bonchev–Trinajstić information content (AvgIpc) is 2.44. The molecule has 0 aliphatic rings. The summed E-state index contributed by atoms with van der Waals surface area (Å²) in [5, 5.41) is 5.64. The van der Waals surface area contributed by atoms with E-state index in [2.05, 4.69) is 24.5 Å². The van der Waals surface area contributed by atoms with Gasteiger partial charge in [0.2, 0.25) is 0 Å². The molecule has 0 aromatic heterocycles. The lowest BCUT2D eigenvalue weighted by Gasteiger charge is -2.23. The second kappa shape index (κ2) is 9.07. The van der Waals surface area contributed by atoms with Crippen molar-refractivity contribution in [3.05, 3.63) is 35.9 Å². The molecule has 22 heavy (non-hydrogen) atoms. The summed E-state index contributed by atoms with van der Waals surface area (Å²) in [6, 6.07) is 9.49. The zero-order chi connectivity index (χ0) is 16.5. The van der Waals surface area contributed by atoms with Crippen LogP contribution in [0.15, 0.2) is 30.3 Å². The average molecular weight is 306 g/mol. The minimum absolute atomic E-state index is 0.0659. The maximum absolute atomic E-state index is 12.0. The third kappa shape index (κ3) is 6.61. The Morgan fingerprint density at radius 1 is 1.09 bits per heavy atom. The molecule has 0 bridgehead atoms. The van der Waals surface area contributed by atoms with Gasteiger partial charge in [0.1, 0.15) is 0 Å². The van der Waals surface area contributed by atoms with Gasteiger partial charge in [-0.1, -0.05) is 44.2 Å². The smallest absolute Gasteiger partial charge is 0.315 e. The highest BCUT2D eigenvalue weighted by Crippen LogP contribution is 2.20. The molecule has 1 atom stereocenters. The van der Waals surface area contributed by atoms with E-state index in [1.165, 1.54) is 0 Å². The summed E-state index contributed by atoms with van der Waals surface area (Å²) in [7, 11) is 0. The van der Waals surface area contributed by atoms with E-state index in [1.54, 1.807) is 13.8 Å². The highest BCUT2D eigenvalue weighted by molar-refractivity contribution is 5.76. The van der Waals surface area contributed by atoms with Crippen LogP contribution < -0.4 is 10.6 Å². The van der Waals surface area contributed by atoms with Crippen LogP contribution in [0.3, 0.4) is 0 Å². The van der Waals surface area contributed by atoms with Crippen LogP contribution in [-0.4, -0.2) is 24.6 Å². The summed E-state index contributed by atoms with van der Waals surface area (Å²) in [5.41, 5.74) is 1.06. The summed E-state index contributed by atoms with van der Waals surface area (Å²) in [6.45, 7) is 7.96. The molecule has 0 radical (unpaired) electrons. The molecular formula is C17H26N2O3. The summed E-state index contributed by atoms with van der Waals surface area (Å²) >= 11 is 0. The lowest BCUT2D eigenvalue weighted by atomic mass is 9.96. The number of hydrogen-bond donors (Lipinski definition) is 2. The highest BCUT2D eigenvalue weighted by Gasteiger charge is 2.18. The minimum atomic E-state index is -0.307. The van der Waals surface area contributed by atoms with E-state index < -0.39 is 0 Å². The van der Waals surface area contributed by atoms with Crippen molar-refractivity contribution < 1.29 is 14.3 Å². The van der Waals surface area contributed by atoms with Crippen molar-refractivity contribution in [2.75, 3.05) is 6.54 Å². The van der Waals surface area contributed by atoms with Gasteiger partial charge in [0.05, 0.1) is 18.6 Å². The first-order valence-corrected chi connectivity index (χ1v) is 7.69. The zero-order valence-corrected chi connectivity index (χ0v) is 13.8. The van der Waals surface area contributed by atoms with Gasteiger partial charge in [-0.25, -0.2) is 4.79 Å². The van der Waals surface area contributed by atoms with Crippen LogP contribution in [0.5, 0.6) is 0 Å². The maximum atomic E-state index is 12.0. The molecule has 2 N–H and O–H groups in total. The van der Waals surface area contributed by atoms with Crippen LogP contribution in [0.25, 0.3) is 0 Å². The Morgan fingerprint density at radius 2 is 1.73 bits per heavy atom. The van der Waals surface area contributed by atoms with Crippen molar-refractivity contribution in [3.63, 3.8) is 0 Å². The Bertz CT molecular complexity index is 472. The highest BCUT2D eigenvalue weighted by atomic mass is 16.5. The fraction of sp³-hybridized carbons (Fsp3) is 0.529. The number of nitrogens with one attached hydrogen (secondary N) is 2. The van der Waals surface area contributed by atoms with Crippen molar-refractivity contribution in [1.29, 1.82) is 0 Å². The molecule has 0 fully saturated rings. The largest absolute Gasteiger partial charge is 0.463 e. The number of carbonyl (C=O) groups is 2. The van der Waals surface area contributed by atoms with Gasteiger partial charge in [0, 0.05) is 6.54 Å². The fourth-order valence-electron chi connectivity index (χ4n) is 2.09. The SMILES string of the molecule is CC(C)OC(=O)CCNC(=O)NC(c1ccccc1)C(C)C. The number of ether oxygens (including phenoxy) is 1. The zero-order valence-electron chi connectivity index (χ0n) is 13.8. The Kier molecular flexibility index (Phi) is 7.43. The predicted octanol–water partition coefficient (Wildman–Crippen LogP) is 3.02. The Hall–Kier alpha value is -2.04. The van der Waals surface area contributed by atoms with Gasteiger partial charge in [0.15, 0.2) is 0 Å². The second-order valence-corrected chi connectivity index (χ2v) is 5.82. The molecule has 1 aromatic rings. The Labute approximate surface area is 132 Å². The molecule has 0 saturated heterocycles. The molecule has 122 valence electrons. The topological polar surface area (TPSA) is 67.4 Å². The normalized spacial score (nSPS) is 12.1. The molecule has 5 heteroatoms. The van der Waals surface area contributed by atoms with Crippen LogP contribution in [-0.2, 0) is 9.53 Å². The van der Waals surface area contributed by atoms with Crippen molar-refractivity contribution >= 4 is 12.0 Å². The molecule has 0 spiro atoms. The summed E-state index contributed by atoms with van der Waals surface area (Å²) in [4.78, 5) is 23.4. The molecule has 0 heterocycles. The van der Waals surface area contributed by atoms with E-state index in [0.29, 0.717) is 0 Å². The van der Waals surface area contributed by atoms with Crippen LogP contribution in [0.1, 0.15) is 45.7 Å². The van der Waals surface area contributed by atoms with E-state index in [9.17, 15) is 9.59 Å². The molecule has 0 saturated carbocycles. The van der Waals surface area contributed by atoms with E-state index in [1.807, 2.05) is 30.3 Å². The number of hydrogen-bond acceptors (Lipinski definition) is 3. The minimum Gasteiger partial charge on any atom is -0.463 e. The lowest BCUT2D eigenvalue weighted by molar-refractivity contribution is -0.147. The van der Waals surface area contributed by atoms with E-state index in [0.717, 1.165) is 5.56 Å². The lowest BCUT2D eigenvalue weighted by Crippen LogP contribution is -2.40. The monoisotopic (exact) mass is 306 g/mol. The van der Waals surface area contributed by atoms with Crippen LogP contribution >= 0.6 is 0 Å². The molecule has 5 nitrogen and oxygen atoms in total. The van der Waals surface area contributed by atoms with Gasteiger partial charge in [-0.3, -0.25) is 4.79 Å². The number of benzene rings is 1. The van der Waals surface area contributed by atoms with Crippen LogP contribution in [0.4, 0.5) is 4.79 Å². The summed E-state index contributed by atoms with van der Waals surface area (Å²) in [6.07, 6.45) is 0.0354. The predicted molar refractivity (Wildman–Crippen MR) is 86.4 cm³/mol. The van der Waals surface area contributed by atoms with E-state index in [-0.39, 0.29) is 43.0 Å². The second-order valence-electron chi connectivity index (χ2n) is 5.82. The van der Waals surface area contributed by atoms with Gasteiger partial charge in [-0.05, 0) is 25.3 Å². The number of esters is 1. The van der Waals surface area contributed by atoms with E-state index in [4.69, 9.17) is 4.74 Å². The van der Waals surface area contributed by atoms with Gasteiger partial charge < -0.3 is 15.4 Å². The molecule has 1 aromatic carbocycles. The summed E-state index contributed by atoms with van der Waals surface area (Å²) < 4.78 is 5.01. The third-order valence-corrected chi connectivity index (χ3v) is 3.09. The van der Waals surface area contributed by atoms with E-state index >= 15 is 0 Å². The molecule has 1 unspecified atom stereocenters. The number of rotatable bonds is 7. The van der Waals surface area contributed by atoms with Gasteiger partial charge in [-0.2, -0.15) is 0 Å². The van der Waals surface area contributed by atoms with Crippen LogP contribution in [0.2, 0.25) is 0 Å².